The lowest BCUT2D eigenvalue weighted by molar-refractivity contribution is -0.131. The number of nitrogens with zero attached hydrogens (tertiary/aromatic N) is 1. The number of carbonyl (C=O) groups is 2. The van der Waals surface area contributed by atoms with Crippen LogP contribution in [0.25, 0.3) is 0 Å². The molecule has 1 aromatic carbocycles. The molecular formula is C16H20N2O4S. The van der Waals surface area contributed by atoms with Crippen molar-refractivity contribution in [3.05, 3.63) is 35.9 Å². The average molecular weight is 336 g/mol. The van der Waals surface area contributed by atoms with Crippen molar-refractivity contribution < 1.29 is 18.0 Å². The van der Waals surface area contributed by atoms with Crippen molar-refractivity contribution >= 4 is 21.8 Å². The van der Waals surface area contributed by atoms with Gasteiger partial charge < -0.3 is 5.32 Å². The molecule has 0 saturated carbocycles. The van der Waals surface area contributed by atoms with Crippen molar-refractivity contribution in [2.75, 3.05) is 18.1 Å². The van der Waals surface area contributed by atoms with Gasteiger partial charge in [0.05, 0.1) is 11.5 Å². The zero-order valence-corrected chi connectivity index (χ0v) is 13.8. The van der Waals surface area contributed by atoms with Gasteiger partial charge in [-0.1, -0.05) is 30.3 Å². The Balaban J connectivity index is 1.75. The number of imide groups is 1. The fourth-order valence-electron chi connectivity index (χ4n) is 3.21. The van der Waals surface area contributed by atoms with Gasteiger partial charge in [0.15, 0.2) is 0 Å². The van der Waals surface area contributed by atoms with Gasteiger partial charge in [0, 0.05) is 6.54 Å². The van der Waals surface area contributed by atoms with Gasteiger partial charge in [-0.2, -0.15) is 0 Å². The fourth-order valence-corrected chi connectivity index (χ4v) is 4.80. The number of sulfone groups is 1. The van der Waals surface area contributed by atoms with Crippen LogP contribution in [0.15, 0.2) is 30.3 Å². The summed E-state index contributed by atoms with van der Waals surface area (Å²) < 4.78 is 23.0. The van der Waals surface area contributed by atoms with Gasteiger partial charge in [0.2, 0.25) is 0 Å². The second-order valence-corrected chi connectivity index (χ2v) is 8.74. The van der Waals surface area contributed by atoms with Crippen LogP contribution in [-0.4, -0.2) is 43.3 Å². The first-order valence-corrected chi connectivity index (χ1v) is 9.54. The van der Waals surface area contributed by atoms with Crippen LogP contribution >= 0.6 is 0 Å². The van der Waals surface area contributed by atoms with E-state index in [1.807, 2.05) is 30.3 Å². The predicted molar refractivity (Wildman–Crippen MR) is 85.4 cm³/mol. The Morgan fingerprint density at radius 3 is 2.39 bits per heavy atom. The highest BCUT2D eigenvalue weighted by Gasteiger charge is 2.49. The molecule has 124 valence electrons. The number of nitrogens with one attached hydrogen (secondary N) is 1. The lowest BCUT2D eigenvalue weighted by Crippen LogP contribution is -2.42. The Morgan fingerprint density at radius 1 is 1.17 bits per heavy atom. The van der Waals surface area contributed by atoms with E-state index in [-0.39, 0.29) is 29.9 Å². The van der Waals surface area contributed by atoms with E-state index in [9.17, 15) is 18.0 Å². The average Bonchev–Trinajstić information content (AvgIpc) is 2.74. The smallest absolute Gasteiger partial charge is 0.319 e. The summed E-state index contributed by atoms with van der Waals surface area (Å²) in [6.07, 6.45) is 1.00. The summed E-state index contributed by atoms with van der Waals surface area (Å²) in [5.74, 6) is 0.0441. The van der Waals surface area contributed by atoms with E-state index in [0.717, 1.165) is 5.56 Å². The Bertz CT molecular complexity index is 718. The minimum absolute atomic E-state index is 0.0475. The van der Waals surface area contributed by atoms with Crippen molar-refractivity contribution in [1.82, 2.24) is 10.2 Å². The monoisotopic (exact) mass is 336 g/mol. The summed E-state index contributed by atoms with van der Waals surface area (Å²) >= 11 is 0. The molecule has 1 aromatic rings. The molecule has 2 saturated heterocycles. The molecule has 0 radical (unpaired) electrons. The van der Waals surface area contributed by atoms with Crippen LogP contribution in [0.2, 0.25) is 0 Å². The third-order valence-electron chi connectivity index (χ3n) is 4.74. The molecule has 2 fully saturated rings. The van der Waals surface area contributed by atoms with Crippen LogP contribution in [0.4, 0.5) is 4.79 Å². The SMILES string of the molecule is CC1(c2ccccc2)NC(=O)N(CC2CCS(=O)(=O)CC2)C1=O. The molecule has 23 heavy (non-hydrogen) atoms. The summed E-state index contributed by atoms with van der Waals surface area (Å²) in [4.78, 5) is 26.2. The maximum absolute atomic E-state index is 12.8. The Labute approximate surface area is 135 Å². The van der Waals surface area contributed by atoms with E-state index in [4.69, 9.17) is 0 Å². The first kappa shape index (κ1) is 16.0. The maximum atomic E-state index is 12.8. The topological polar surface area (TPSA) is 83.6 Å². The molecule has 1 unspecified atom stereocenters. The number of carbonyl (C=O) groups excluding carboxylic acids is 2. The molecule has 3 amide bonds. The molecule has 2 heterocycles. The highest BCUT2D eigenvalue weighted by atomic mass is 32.2. The van der Waals surface area contributed by atoms with E-state index in [2.05, 4.69) is 5.32 Å². The second kappa shape index (κ2) is 5.63. The van der Waals surface area contributed by atoms with Gasteiger partial charge in [-0.15, -0.1) is 0 Å². The Kier molecular flexibility index (Phi) is 3.91. The van der Waals surface area contributed by atoms with E-state index < -0.39 is 21.4 Å². The largest absolute Gasteiger partial charge is 0.325 e. The molecule has 1 N–H and O–H groups in total. The maximum Gasteiger partial charge on any atom is 0.325 e. The van der Waals surface area contributed by atoms with Crippen molar-refractivity contribution in [2.45, 2.75) is 25.3 Å². The summed E-state index contributed by atoms with van der Waals surface area (Å²) in [5.41, 5.74) is -0.314. The van der Waals surface area contributed by atoms with Crippen LogP contribution in [-0.2, 0) is 20.2 Å². The summed E-state index contributed by atoms with van der Waals surface area (Å²) in [6, 6.07) is 8.73. The van der Waals surface area contributed by atoms with E-state index in [1.54, 1.807) is 6.92 Å². The third kappa shape index (κ3) is 2.97. The van der Waals surface area contributed by atoms with Crippen LogP contribution in [0, 0.1) is 5.92 Å². The number of hydrogen-bond donors (Lipinski definition) is 1. The van der Waals surface area contributed by atoms with E-state index >= 15 is 0 Å². The van der Waals surface area contributed by atoms with Crippen LogP contribution in [0.5, 0.6) is 0 Å². The zero-order valence-electron chi connectivity index (χ0n) is 13.0. The van der Waals surface area contributed by atoms with Gasteiger partial charge in [0.1, 0.15) is 15.4 Å². The molecule has 2 aliphatic rings. The van der Waals surface area contributed by atoms with Crippen LogP contribution in [0.3, 0.4) is 0 Å². The number of hydrogen-bond acceptors (Lipinski definition) is 4. The van der Waals surface area contributed by atoms with E-state index in [0.29, 0.717) is 12.8 Å². The summed E-state index contributed by atoms with van der Waals surface area (Å²) in [5, 5.41) is 2.77. The highest BCUT2D eigenvalue weighted by Crippen LogP contribution is 2.30. The standard InChI is InChI=1S/C16H20N2O4S/c1-16(13-5-3-2-4-6-13)14(19)18(15(20)17-16)11-12-7-9-23(21,22)10-8-12/h2-6,12H,7-11H2,1H3,(H,17,20). The van der Waals surface area contributed by atoms with Gasteiger partial charge in [-0.3, -0.25) is 9.69 Å². The summed E-state index contributed by atoms with van der Waals surface area (Å²) in [6.45, 7) is 1.98. The van der Waals surface area contributed by atoms with Gasteiger partial charge in [-0.25, -0.2) is 13.2 Å². The quantitative estimate of drug-likeness (QED) is 0.843. The van der Waals surface area contributed by atoms with Crippen molar-refractivity contribution in [3.8, 4) is 0 Å². The molecule has 3 rings (SSSR count). The van der Waals surface area contributed by atoms with Gasteiger partial charge >= 0.3 is 6.03 Å². The Hall–Kier alpha value is -1.89. The molecule has 7 heteroatoms. The third-order valence-corrected chi connectivity index (χ3v) is 6.46. The molecule has 0 spiro atoms. The first-order valence-electron chi connectivity index (χ1n) is 7.72. The molecule has 0 aliphatic carbocycles. The number of benzene rings is 1. The van der Waals surface area contributed by atoms with E-state index in [1.165, 1.54) is 4.90 Å². The molecular weight excluding hydrogens is 316 g/mol. The highest BCUT2D eigenvalue weighted by molar-refractivity contribution is 7.91. The molecule has 6 nitrogen and oxygen atoms in total. The minimum atomic E-state index is -2.95. The number of amides is 3. The van der Waals surface area contributed by atoms with Crippen molar-refractivity contribution in [3.63, 3.8) is 0 Å². The summed E-state index contributed by atoms with van der Waals surface area (Å²) in [7, 11) is -2.95. The molecule has 2 aliphatic heterocycles. The van der Waals surface area contributed by atoms with Crippen LogP contribution in [0.1, 0.15) is 25.3 Å². The lowest BCUT2D eigenvalue weighted by atomic mass is 9.92. The number of rotatable bonds is 3. The Morgan fingerprint density at radius 2 is 1.78 bits per heavy atom. The predicted octanol–water partition coefficient (Wildman–Crippen LogP) is 1.28. The molecule has 0 aromatic heterocycles. The van der Waals surface area contributed by atoms with Crippen molar-refractivity contribution in [1.29, 1.82) is 0 Å². The number of urea groups is 1. The van der Waals surface area contributed by atoms with Crippen LogP contribution < -0.4 is 5.32 Å². The second-order valence-electron chi connectivity index (χ2n) is 6.43. The first-order chi connectivity index (χ1) is 10.8. The minimum Gasteiger partial charge on any atom is -0.319 e. The molecule has 0 bridgehead atoms. The lowest BCUT2D eigenvalue weighted by Gasteiger charge is -2.26. The normalized spacial score (nSPS) is 28.0. The van der Waals surface area contributed by atoms with Gasteiger partial charge in [-0.05, 0) is 31.2 Å². The van der Waals surface area contributed by atoms with Crippen molar-refractivity contribution in [2.24, 2.45) is 5.92 Å². The fraction of sp³-hybridized carbons (Fsp3) is 0.500. The van der Waals surface area contributed by atoms with Gasteiger partial charge in [0.25, 0.3) is 5.91 Å². The molecule has 1 atom stereocenters. The zero-order chi connectivity index (χ0) is 16.7.